The summed E-state index contributed by atoms with van der Waals surface area (Å²) < 4.78 is 9.77. The molecule has 4 aromatic carbocycles. The van der Waals surface area contributed by atoms with E-state index in [0.717, 1.165) is 14.2 Å². The van der Waals surface area contributed by atoms with Gasteiger partial charge in [-0.05, 0) is 47.9 Å². The average molecular weight is 462 g/mol. The van der Waals surface area contributed by atoms with Crippen molar-refractivity contribution in [1.82, 2.24) is 0 Å². The van der Waals surface area contributed by atoms with Crippen molar-refractivity contribution in [2.24, 2.45) is 0 Å². The first-order chi connectivity index (χ1) is 16.1. The van der Waals surface area contributed by atoms with Crippen molar-refractivity contribution in [3.05, 3.63) is 78.9 Å². The Morgan fingerprint density at radius 2 is 1.06 bits per heavy atom. The number of fused-ring (bicyclic) bond motifs is 5. The fourth-order valence-electron chi connectivity index (χ4n) is 4.48. The van der Waals surface area contributed by atoms with Gasteiger partial charge in [-0.1, -0.05) is 12.1 Å². The van der Waals surface area contributed by atoms with Crippen LogP contribution in [0.25, 0.3) is 32.3 Å². The third-order valence-corrected chi connectivity index (χ3v) is 5.91. The topological polar surface area (TPSA) is 139 Å². The molecule has 0 fully saturated rings. The summed E-state index contributed by atoms with van der Waals surface area (Å²) in [6.07, 6.45) is 0. The summed E-state index contributed by atoms with van der Waals surface area (Å²) >= 11 is 0. The van der Waals surface area contributed by atoms with Gasteiger partial charge in [0.1, 0.15) is 0 Å². The second-order valence-electron chi connectivity index (χ2n) is 7.75. The number of methoxy groups -OCH3 is 2. The Labute approximate surface area is 192 Å². The molecule has 0 atom stereocenters. The number of esters is 2. The van der Waals surface area contributed by atoms with E-state index in [1.54, 1.807) is 26.0 Å². The van der Waals surface area contributed by atoms with Crippen molar-refractivity contribution in [2.75, 3.05) is 14.2 Å². The van der Waals surface area contributed by atoms with E-state index < -0.39 is 21.8 Å². The zero-order valence-electron chi connectivity index (χ0n) is 18.6. The normalized spacial score (nSPS) is 11.1. The summed E-state index contributed by atoms with van der Waals surface area (Å²) in [5.41, 5.74) is 0.480. The number of aryl methyl sites for hydroxylation is 2. The highest BCUT2D eigenvalue weighted by Gasteiger charge is 2.28. The first kappa shape index (κ1) is 22.6. The maximum Gasteiger partial charge on any atom is 0.338 e. The minimum atomic E-state index is -0.795. The minimum Gasteiger partial charge on any atom is -0.465 e. The maximum absolute atomic E-state index is 12.7. The van der Waals surface area contributed by atoms with Crippen LogP contribution in [0.2, 0.25) is 0 Å². The lowest BCUT2D eigenvalue weighted by Gasteiger charge is -2.17. The van der Waals surface area contributed by atoms with Crippen molar-refractivity contribution < 1.29 is 28.9 Å². The number of rotatable bonds is 4. The van der Waals surface area contributed by atoms with Crippen molar-refractivity contribution in [3.8, 4) is 0 Å². The van der Waals surface area contributed by atoms with E-state index in [0.29, 0.717) is 32.7 Å². The number of nitrogens with zero attached hydrogens (tertiary/aromatic N) is 2. The van der Waals surface area contributed by atoms with Gasteiger partial charge in [-0.25, -0.2) is 9.59 Å². The number of carbonyl (C=O) groups excluding carboxylic acids is 2. The summed E-state index contributed by atoms with van der Waals surface area (Å²) in [5, 5.41) is 25.5. The highest BCUT2D eigenvalue weighted by atomic mass is 16.6. The number of hydrogen-bond acceptors (Lipinski definition) is 8. The van der Waals surface area contributed by atoms with E-state index in [9.17, 15) is 29.8 Å². The van der Waals surface area contributed by atoms with Crippen LogP contribution in [-0.4, -0.2) is 36.0 Å². The standard InChI is InChI=1S/C24H18N2O8/c1-11-5-7-16(25(29)30)21-14(23(27)33-3)9-13-10-15(24(28)34-4)22-17(26(31)32)8-6-12(2)19(22)20(13)18(11)21/h5-10H,1-4H3. The number of nitro groups is 2. The van der Waals surface area contributed by atoms with Crippen LogP contribution in [0.1, 0.15) is 31.8 Å². The van der Waals surface area contributed by atoms with Crippen molar-refractivity contribution in [1.29, 1.82) is 0 Å². The van der Waals surface area contributed by atoms with E-state index >= 15 is 0 Å². The maximum atomic E-state index is 12.7. The summed E-state index contributed by atoms with van der Waals surface area (Å²) in [6, 6.07) is 8.51. The molecule has 10 nitrogen and oxygen atoms in total. The number of carbonyl (C=O) groups is 2. The number of hydrogen-bond donors (Lipinski definition) is 0. The fraction of sp³-hybridized carbons (Fsp3) is 0.167. The molecule has 0 unspecified atom stereocenters. The van der Waals surface area contributed by atoms with Crippen molar-refractivity contribution in [2.45, 2.75) is 13.8 Å². The molecule has 0 saturated heterocycles. The predicted molar refractivity (Wildman–Crippen MR) is 124 cm³/mol. The Balaban J connectivity index is 2.46. The second kappa shape index (κ2) is 8.07. The molecule has 0 radical (unpaired) electrons. The summed E-state index contributed by atoms with van der Waals surface area (Å²) in [4.78, 5) is 47.9. The van der Waals surface area contributed by atoms with Crippen molar-refractivity contribution in [3.63, 3.8) is 0 Å². The molecule has 0 bridgehead atoms. The van der Waals surface area contributed by atoms with E-state index in [-0.39, 0.29) is 33.3 Å². The van der Waals surface area contributed by atoms with Crippen LogP contribution >= 0.6 is 0 Å². The van der Waals surface area contributed by atoms with Crippen LogP contribution in [0.3, 0.4) is 0 Å². The van der Waals surface area contributed by atoms with Gasteiger partial charge in [-0.15, -0.1) is 0 Å². The Morgan fingerprint density at radius 1 is 0.676 bits per heavy atom. The van der Waals surface area contributed by atoms with Crippen LogP contribution in [-0.2, 0) is 9.47 Å². The molecule has 0 heterocycles. The molecule has 4 aromatic rings. The molecule has 0 aromatic heterocycles. The van der Waals surface area contributed by atoms with E-state index in [1.807, 2.05) is 0 Å². The fourth-order valence-corrected chi connectivity index (χ4v) is 4.48. The lowest BCUT2D eigenvalue weighted by molar-refractivity contribution is -0.383. The Bertz CT molecular complexity index is 1480. The van der Waals surface area contributed by atoms with E-state index in [4.69, 9.17) is 9.47 Å². The monoisotopic (exact) mass is 462 g/mol. The summed E-state index contributed by atoms with van der Waals surface area (Å²) in [6.45, 7) is 3.44. The Kier molecular flexibility index (Phi) is 5.36. The molecule has 0 spiro atoms. The largest absolute Gasteiger partial charge is 0.465 e. The summed E-state index contributed by atoms with van der Waals surface area (Å²) in [7, 11) is 2.32. The van der Waals surface area contributed by atoms with Gasteiger partial charge >= 0.3 is 11.9 Å². The quantitative estimate of drug-likeness (QED) is 0.175. The van der Waals surface area contributed by atoms with Gasteiger partial charge < -0.3 is 9.47 Å². The van der Waals surface area contributed by atoms with Crippen molar-refractivity contribution >= 4 is 55.6 Å². The number of ether oxygens (including phenoxy) is 2. The molecule has 0 aliphatic heterocycles. The molecule has 0 N–H and O–H groups in total. The van der Waals surface area contributed by atoms with E-state index in [1.165, 1.54) is 24.3 Å². The first-order valence-corrected chi connectivity index (χ1v) is 10.0. The lowest BCUT2D eigenvalue weighted by atomic mass is 9.86. The molecular weight excluding hydrogens is 444 g/mol. The molecule has 10 heteroatoms. The highest BCUT2D eigenvalue weighted by molar-refractivity contribution is 6.30. The zero-order valence-corrected chi connectivity index (χ0v) is 18.6. The highest BCUT2D eigenvalue weighted by Crippen LogP contribution is 2.44. The van der Waals surface area contributed by atoms with Gasteiger partial charge in [0, 0.05) is 22.9 Å². The first-order valence-electron chi connectivity index (χ1n) is 10.0. The molecular formula is C24H18N2O8. The Hall–Kier alpha value is -4.60. The predicted octanol–water partition coefficient (Wildman–Crippen LogP) is 5.15. The summed E-state index contributed by atoms with van der Waals surface area (Å²) in [5.74, 6) is -1.59. The minimum absolute atomic E-state index is 0.0568. The van der Waals surface area contributed by atoms with Gasteiger partial charge in [0.05, 0.1) is 46.0 Å². The molecule has 34 heavy (non-hydrogen) atoms. The number of non-ortho nitro benzene ring substituents is 2. The lowest BCUT2D eigenvalue weighted by Crippen LogP contribution is -2.08. The van der Waals surface area contributed by atoms with Crippen LogP contribution in [0.5, 0.6) is 0 Å². The molecule has 4 rings (SSSR count). The Morgan fingerprint density at radius 3 is 1.38 bits per heavy atom. The third-order valence-electron chi connectivity index (χ3n) is 5.91. The van der Waals surface area contributed by atoms with Gasteiger partial charge in [0.15, 0.2) is 0 Å². The SMILES string of the molecule is COC(=O)c1cc2cc(C(=O)OC)c3c([N+](=O)[O-])ccc(C)c3c2c2c(C)ccc([N+](=O)[O-])c12. The van der Waals surface area contributed by atoms with Crippen LogP contribution in [0, 0.1) is 34.1 Å². The molecule has 0 saturated carbocycles. The van der Waals surface area contributed by atoms with Crippen LogP contribution in [0.4, 0.5) is 11.4 Å². The van der Waals surface area contributed by atoms with Gasteiger partial charge in [-0.3, -0.25) is 20.2 Å². The number of benzene rings is 4. The second-order valence-corrected chi connectivity index (χ2v) is 7.75. The third kappa shape index (κ3) is 3.19. The molecule has 0 aliphatic carbocycles. The van der Waals surface area contributed by atoms with Crippen LogP contribution in [0.15, 0.2) is 36.4 Å². The van der Waals surface area contributed by atoms with Gasteiger partial charge in [0.25, 0.3) is 11.4 Å². The molecule has 0 aliphatic rings. The van der Waals surface area contributed by atoms with Gasteiger partial charge in [-0.2, -0.15) is 0 Å². The van der Waals surface area contributed by atoms with E-state index in [2.05, 4.69) is 0 Å². The molecule has 172 valence electrons. The number of nitro benzene ring substituents is 2. The smallest absolute Gasteiger partial charge is 0.338 e. The van der Waals surface area contributed by atoms with Gasteiger partial charge in [0.2, 0.25) is 0 Å². The zero-order chi connectivity index (χ0) is 24.9. The molecule has 0 amide bonds. The average Bonchev–Trinajstić information content (AvgIpc) is 2.81. The van der Waals surface area contributed by atoms with Crippen LogP contribution < -0.4 is 0 Å².